The molecule has 1 saturated heterocycles. The molecule has 1 fully saturated rings. The Hall–Kier alpha value is -1.81. The second-order valence-corrected chi connectivity index (χ2v) is 7.40. The van der Waals surface area contributed by atoms with Crippen LogP contribution in [0.15, 0.2) is 48.5 Å². The van der Waals surface area contributed by atoms with Crippen LogP contribution in [0.1, 0.15) is 35.1 Å². The minimum Gasteiger partial charge on any atom is -0.296 e. The van der Waals surface area contributed by atoms with Crippen molar-refractivity contribution < 1.29 is 13.2 Å². The van der Waals surface area contributed by atoms with Crippen LogP contribution < -0.4 is 0 Å². The number of halogens is 3. The van der Waals surface area contributed by atoms with Crippen molar-refractivity contribution in [2.75, 3.05) is 6.54 Å². The monoisotopic (exact) mass is 345 g/mol. The van der Waals surface area contributed by atoms with E-state index in [-0.39, 0.29) is 0 Å². The molecule has 0 N–H and O–H groups in total. The second kappa shape index (κ2) is 6.49. The van der Waals surface area contributed by atoms with Gasteiger partial charge in [-0.25, -0.2) is 0 Å². The summed E-state index contributed by atoms with van der Waals surface area (Å²) in [5.74, 6) is 0.600. The normalized spacial score (nSPS) is 23.8. The van der Waals surface area contributed by atoms with Gasteiger partial charge in [0.05, 0.1) is 5.56 Å². The lowest BCUT2D eigenvalue weighted by atomic mass is 9.80. The predicted octanol–water partition coefficient (Wildman–Crippen LogP) is 5.08. The number of piperidine rings is 1. The van der Waals surface area contributed by atoms with Gasteiger partial charge in [0.15, 0.2) is 0 Å². The van der Waals surface area contributed by atoms with E-state index in [1.165, 1.54) is 29.7 Å². The first-order valence-electron chi connectivity index (χ1n) is 8.96. The van der Waals surface area contributed by atoms with Crippen LogP contribution in [-0.4, -0.2) is 17.5 Å². The minimum atomic E-state index is -4.27. The van der Waals surface area contributed by atoms with E-state index in [1.54, 1.807) is 0 Å². The molecule has 0 spiro atoms. The molecule has 132 valence electrons. The summed E-state index contributed by atoms with van der Waals surface area (Å²) >= 11 is 0. The van der Waals surface area contributed by atoms with Crippen LogP contribution in [0.5, 0.6) is 0 Å². The fraction of sp³-hybridized carbons (Fsp3) is 0.429. The first-order chi connectivity index (χ1) is 12.0. The average molecular weight is 345 g/mol. The molecule has 0 aromatic heterocycles. The van der Waals surface area contributed by atoms with Gasteiger partial charge in [-0.1, -0.05) is 42.5 Å². The molecule has 1 aliphatic carbocycles. The highest BCUT2D eigenvalue weighted by Crippen LogP contribution is 2.34. The van der Waals surface area contributed by atoms with E-state index < -0.39 is 11.7 Å². The highest BCUT2D eigenvalue weighted by molar-refractivity contribution is 5.30. The number of hydrogen-bond acceptors (Lipinski definition) is 1. The number of benzene rings is 2. The van der Waals surface area contributed by atoms with Crippen molar-refractivity contribution in [3.63, 3.8) is 0 Å². The second-order valence-electron chi connectivity index (χ2n) is 7.40. The molecule has 0 radical (unpaired) electrons. The largest absolute Gasteiger partial charge is 0.416 e. The first kappa shape index (κ1) is 16.6. The summed E-state index contributed by atoms with van der Waals surface area (Å²) in [4.78, 5) is 2.40. The van der Waals surface area contributed by atoms with Crippen molar-refractivity contribution in [3.8, 4) is 0 Å². The first-order valence-corrected chi connectivity index (χ1v) is 8.96. The Morgan fingerprint density at radius 1 is 0.920 bits per heavy atom. The van der Waals surface area contributed by atoms with Crippen molar-refractivity contribution in [3.05, 3.63) is 70.8 Å². The topological polar surface area (TPSA) is 3.24 Å². The summed E-state index contributed by atoms with van der Waals surface area (Å²) in [6.45, 7) is 1.59. The summed E-state index contributed by atoms with van der Waals surface area (Å²) in [6, 6.07) is 14.9. The van der Waals surface area contributed by atoms with Gasteiger partial charge in [0.25, 0.3) is 0 Å². The Labute approximate surface area is 146 Å². The van der Waals surface area contributed by atoms with Gasteiger partial charge in [-0.2, -0.15) is 13.2 Å². The Balaban J connectivity index is 1.56. The van der Waals surface area contributed by atoms with Gasteiger partial charge in [0.2, 0.25) is 0 Å². The molecule has 0 amide bonds. The minimum absolute atomic E-state index is 0.423. The molecule has 2 aromatic carbocycles. The number of alkyl halides is 3. The lowest BCUT2D eigenvalue weighted by Gasteiger charge is -2.42. The predicted molar refractivity (Wildman–Crippen MR) is 92.2 cm³/mol. The quantitative estimate of drug-likeness (QED) is 0.733. The number of nitrogens with zero attached hydrogens (tertiary/aromatic N) is 1. The summed E-state index contributed by atoms with van der Waals surface area (Å²) in [7, 11) is 0. The van der Waals surface area contributed by atoms with Crippen molar-refractivity contribution in [1.29, 1.82) is 0 Å². The number of rotatable bonds is 2. The number of fused-ring (bicyclic) bond motifs is 2. The molecule has 25 heavy (non-hydrogen) atoms. The maximum Gasteiger partial charge on any atom is 0.416 e. The Kier molecular flexibility index (Phi) is 4.32. The Bertz CT molecular complexity index is 753. The summed E-state index contributed by atoms with van der Waals surface area (Å²) in [5.41, 5.74) is 3.07. The molecule has 2 aliphatic heterocycles. The standard InChI is InChI=1S/C21H22F3N/c22-21(23,24)19-7-3-4-15(11-19)13-25-14-16-8-9-20(25)12-18-6-2-1-5-17(18)10-16/h1-7,11,16,20H,8-10,12-14H2/t16-,20+/m1/s1. The van der Waals surface area contributed by atoms with Crippen molar-refractivity contribution in [1.82, 2.24) is 4.90 Å². The molecule has 2 bridgehead atoms. The van der Waals surface area contributed by atoms with Crippen LogP contribution in [0, 0.1) is 5.92 Å². The van der Waals surface area contributed by atoms with E-state index in [1.807, 2.05) is 6.07 Å². The van der Waals surface area contributed by atoms with Crippen LogP contribution in [0.4, 0.5) is 13.2 Å². The fourth-order valence-electron chi connectivity index (χ4n) is 4.38. The summed E-state index contributed by atoms with van der Waals surface area (Å²) < 4.78 is 38.9. The molecule has 2 atom stereocenters. The van der Waals surface area contributed by atoms with E-state index in [0.717, 1.165) is 37.4 Å². The lowest BCUT2D eigenvalue weighted by Crippen LogP contribution is -2.46. The number of hydrogen-bond donors (Lipinski definition) is 0. The van der Waals surface area contributed by atoms with Crippen LogP contribution >= 0.6 is 0 Å². The third-order valence-electron chi connectivity index (χ3n) is 5.64. The molecule has 2 heterocycles. The van der Waals surface area contributed by atoms with Gasteiger partial charge in [0, 0.05) is 19.1 Å². The van der Waals surface area contributed by atoms with E-state index in [0.29, 0.717) is 18.5 Å². The van der Waals surface area contributed by atoms with Crippen LogP contribution in [0.2, 0.25) is 0 Å². The zero-order chi connectivity index (χ0) is 17.4. The zero-order valence-corrected chi connectivity index (χ0v) is 14.1. The van der Waals surface area contributed by atoms with Gasteiger partial charge in [-0.15, -0.1) is 0 Å². The molecular formula is C21H22F3N. The van der Waals surface area contributed by atoms with Gasteiger partial charge in [0.1, 0.15) is 0 Å². The zero-order valence-electron chi connectivity index (χ0n) is 14.1. The average Bonchev–Trinajstić information content (AvgIpc) is 2.55. The van der Waals surface area contributed by atoms with E-state index in [9.17, 15) is 13.2 Å². The van der Waals surface area contributed by atoms with Gasteiger partial charge in [-0.05, 0) is 54.4 Å². The van der Waals surface area contributed by atoms with Crippen LogP contribution in [-0.2, 0) is 25.6 Å². The molecule has 5 rings (SSSR count). The Morgan fingerprint density at radius 3 is 2.44 bits per heavy atom. The molecule has 2 aromatic rings. The maximum absolute atomic E-state index is 13.0. The fourth-order valence-corrected chi connectivity index (χ4v) is 4.38. The third kappa shape index (κ3) is 3.59. The lowest BCUT2D eigenvalue weighted by molar-refractivity contribution is -0.137. The molecule has 4 heteroatoms. The highest BCUT2D eigenvalue weighted by Gasteiger charge is 2.33. The molecular weight excluding hydrogens is 323 g/mol. The highest BCUT2D eigenvalue weighted by atomic mass is 19.4. The SMILES string of the molecule is FC(F)(F)c1cccc(CN2C[C@@H]3CC[C@H]2Cc2ccccc2C3)c1. The van der Waals surface area contributed by atoms with Gasteiger partial charge >= 0.3 is 6.18 Å². The molecule has 1 nitrogen and oxygen atoms in total. The van der Waals surface area contributed by atoms with Crippen molar-refractivity contribution in [2.24, 2.45) is 5.92 Å². The Morgan fingerprint density at radius 2 is 1.68 bits per heavy atom. The summed E-state index contributed by atoms with van der Waals surface area (Å²) in [6.07, 6.45) is 0.171. The smallest absolute Gasteiger partial charge is 0.296 e. The van der Waals surface area contributed by atoms with Crippen molar-refractivity contribution in [2.45, 2.75) is 44.4 Å². The molecule has 0 saturated carbocycles. The van der Waals surface area contributed by atoms with E-state index in [2.05, 4.69) is 29.2 Å². The van der Waals surface area contributed by atoms with Gasteiger partial charge < -0.3 is 0 Å². The van der Waals surface area contributed by atoms with E-state index >= 15 is 0 Å². The van der Waals surface area contributed by atoms with Crippen LogP contribution in [0.3, 0.4) is 0 Å². The van der Waals surface area contributed by atoms with Gasteiger partial charge in [-0.3, -0.25) is 4.90 Å². The summed E-state index contributed by atoms with van der Waals surface area (Å²) in [5, 5.41) is 0. The van der Waals surface area contributed by atoms with Crippen molar-refractivity contribution >= 4 is 0 Å². The molecule has 0 unspecified atom stereocenters. The third-order valence-corrected chi connectivity index (χ3v) is 5.64. The van der Waals surface area contributed by atoms with Crippen LogP contribution in [0.25, 0.3) is 0 Å². The molecule has 3 aliphatic rings. The van der Waals surface area contributed by atoms with E-state index in [4.69, 9.17) is 0 Å². The maximum atomic E-state index is 13.0.